The summed E-state index contributed by atoms with van der Waals surface area (Å²) in [5, 5.41) is 8.69. The zero-order valence-corrected chi connectivity index (χ0v) is 11.2. The van der Waals surface area contributed by atoms with Crippen LogP contribution in [0.2, 0.25) is 0 Å². The van der Waals surface area contributed by atoms with E-state index in [1.165, 1.54) is 19.1 Å². The second kappa shape index (κ2) is 6.39. The SMILES string of the molecule is C[C@H](CCCO)C(F)(F)c1cccc([C@@H](C)N)c1F. The zero-order valence-electron chi connectivity index (χ0n) is 11.2. The average Bonchev–Trinajstić information content (AvgIpc) is 2.35. The van der Waals surface area contributed by atoms with Crippen molar-refractivity contribution in [3.8, 4) is 0 Å². The molecular formula is C14H20F3NO. The summed E-state index contributed by atoms with van der Waals surface area (Å²) in [6.07, 6.45) is 0.400. The number of nitrogens with two attached hydrogens (primary N) is 1. The number of hydrogen-bond donors (Lipinski definition) is 2. The average molecular weight is 275 g/mol. The predicted octanol–water partition coefficient (Wildman–Crippen LogP) is 3.35. The highest BCUT2D eigenvalue weighted by Gasteiger charge is 2.40. The third-order valence-corrected chi connectivity index (χ3v) is 3.29. The van der Waals surface area contributed by atoms with Crippen molar-refractivity contribution in [1.29, 1.82) is 0 Å². The fourth-order valence-corrected chi connectivity index (χ4v) is 2.00. The summed E-state index contributed by atoms with van der Waals surface area (Å²) in [7, 11) is 0. The Hall–Kier alpha value is -1.07. The molecule has 2 atom stereocenters. The molecule has 0 amide bonds. The molecule has 0 spiro atoms. The van der Waals surface area contributed by atoms with Gasteiger partial charge in [0.25, 0.3) is 5.92 Å². The van der Waals surface area contributed by atoms with Gasteiger partial charge in [0, 0.05) is 24.1 Å². The molecule has 1 rings (SSSR count). The van der Waals surface area contributed by atoms with Gasteiger partial charge in [-0.2, -0.15) is 0 Å². The lowest BCUT2D eigenvalue weighted by molar-refractivity contribution is -0.0655. The van der Waals surface area contributed by atoms with Crippen LogP contribution in [0.5, 0.6) is 0 Å². The molecule has 0 saturated heterocycles. The van der Waals surface area contributed by atoms with Gasteiger partial charge in [0.15, 0.2) is 0 Å². The summed E-state index contributed by atoms with van der Waals surface area (Å²) >= 11 is 0. The Morgan fingerprint density at radius 1 is 1.32 bits per heavy atom. The lowest BCUT2D eigenvalue weighted by Crippen LogP contribution is -2.26. The van der Waals surface area contributed by atoms with E-state index in [0.717, 1.165) is 6.07 Å². The molecular weight excluding hydrogens is 255 g/mol. The molecule has 0 saturated carbocycles. The van der Waals surface area contributed by atoms with Crippen molar-refractivity contribution in [2.45, 2.75) is 38.7 Å². The van der Waals surface area contributed by atoms with Crippen LogP contribution in [-0.2, 0) is 5.92 Å². The monoisotopic (exact) mass is 275 g/mol. The Labute approximate surface area is 111 Å². The molecule has 1 aromatic carbocycles. The highest BCUT2D eigenvalue weighted by molar-refractivity contribution is 5.31. The van der Waals surface area contributed by atoms with Crippen molar-refractivity contribution in [3.05, 3.63) is 35.1 Å². The minimum absolute atomic E-state index is 0.0894. The third-order valence-electron chi connectivity index (χ3n) is 3.29. The normalized spacial score (nSPS) is 15.3. The summed E-state index contributed by atoms with van der Waals surface area (Å²) < 4.78 is 42.5. The van der Waals surface area contributed by atoms with Crippen LogP contribution >= 0.6 is 0 Å². The second-order valence-electron chi connectivity index (χ2n) is 4.89. The molecule has 2 nitrogen and oxygen atoms in total. The fourth-order valence-electron chi connectivity index (χ4n) is 2.00. The van der Waals surface area contributed by atoms with E-state index in [4.69, 9.17) is 10.8 Å². The maximum atomic E-state index is 14.2. The number of rotatable bonds is 6. The molecule has 1 aromatic rings. The van der Waals surface area contributed by atoms with E-state index in [-0.39, 0.29) is 25.0 Å². The van der Waals surface area contributed by atoms with Crippen molar-refractivity contribution >= 4 is 0 Å². The topological polar surface area (TPSA) is 46.2 Å². The van der Waals surface area contributed by atoms with Crippen molar-refractivity contribution in [3.63, 3.8) is 0 Å². The van der Waals surface area contributed by atoms with E-state index in [2.05, 4.69) is 0 Å². The zero-order chi connectivity index (χ0) is 14.6. The Bertz CT molecular complexity index is 421. The molecule has 0 radical (unpaired) electrons. The van der Waals surface area contributed by atoms with Crippen molar-refractivity contribution in [1.82, 2.24) is 0 Å². The molecule has 0 bridgehead atoms. The largest absolute Gasteiger partial charge is 0.396 e. The van der Waals surface area contributed by atoms with Gasteiger partial charge in [-0.3, -0.25) is 0 Å². The maximum Gasteiger partial charge on any atom is 0.278 e. The van der Waals surface area contributed by atoms with Gasteiger partial charge in [-0.1, -0.05) is 25.1 Å². The highest BCUT2D eigenvalue weighted by atomic mass is 19.3. The van der Waals surface area contributed by atoms with Gasteiger partial charge in [-0.05, 0) is 19.8 Å². The van der Waals surface area contributed by atoms with Crippen LogP contribution in [0.1, 0.15) is 43.9 Å². The summed E-state index contributed by atoms with van der Waals surface area (Å²) in [6, 6.07) is 3.27. The molecule has 19 heavy (non-hydrogen) atoms. The lowest BCUT2D eigenvalue weighted by atomic mass is 9.90. The first-order chi connectivity index (χ1) is 8.82. The molecule has 5 heteroatoms. The number of alkyl halides is 2. The van der Waals surface area contributed by atoms with Gasteiger partial charge in [-0.15, -0.1) is 0 Å². The van der Waals surface area contributed by atoms with Gasteiger partial charge in [0.2, 0.25) is 0 Å². The van der Waals surface area contributed by atoms with Crippen LogP contribution < -0.4 is 5.73 Å². The Morgan fingerprint density at radius 2 is 1.95 bits per heavy atom. The molecule has 0 fully saturated rings. The van der Waals surface area contributed by atoms with Crippen molar-refractivity contribution in [2.24, 2.45) is 11.7 Å². The van der Waals surface area contributed by atoms with Crippen LogP contribution in [0.3, 0.4) is 0 Å². The molecule has 0 aliphatic carbocycles. The Morgan fingerprint density at radius 3 is 2.47 bits per heavy atom. The molecule has 0 unspecified atom stereocenters. The number of hydrogen-bond acceptors (Lipinski definition) is 2. The van der Waals surface area contributed by atoms with E-state index in [1.54, 1.807) is 6.92 Å². The first kappa shape index (κ1) is 16.0. The molecule has 0 aliphatic rings. The summed E-state index contributed by atoms with van der Waals surface area (Å²) in [5.41, 5.74) is 5.04. The smallest absolute Gasteiger partial charge is 0.278 e. The Balaban J connectivity index is 3.10. The highest BCUT2D eigenvalue weighted by Crippen LogP contribution is 2.40. The van der Waals surface area contributed by atoms with Crippen molar-refractivity contribution < 1.29 is 18.3 Å². The molecule has 0 heterocycles. The predicted molar refractivity (Wildman–Crippen MR) is 68.4 cm³/mol. The lowest BCUT2D eigenvalue weighted by Gasteiger charge is -2.25. The standard InChI is InChI=1S/C14H20F3NO/c1-9(5-4-8-19)14(16,17)12-7-3-6-11(10(2)18)13(12)15/h3,6-7,9-10,19H,4-5,8,18H2,1-2H3/t9-,10-/m1/s1. The summed E-state index contributed by atoms with van der Waals surface area (Å²) in [5.74, 6) is -5.25. The van der Waals surface area contributed by atoms with Crippen LogP contribution in [0.4, 0.5) is 13.2 Å². The number of aliphatic hydroxyl groups excluding tert-OH is 1. The molecule has 0 aromatic heterocycles. The van der Waals surface area contributed by atoms with E-state index in [0.29, 0.717) is 0 Å². The van der Waals surface area contributed by atoms with E-state index < -0.39 is 29.3 Å². The fraction of sp³-hybridized carbons (Fsp3) is 0.571. The quantitative estimate of drug-likeness (QED) is 0.836. The van der Waals surface area contributed by atoms with Gasteiger partial charge >= 0.3 is 0 Å². The minimum atomic E-state index is -3.27. The van der Waals surface area contributed by atoms with Gasteiger partial charge < -0.3 is 10.8 Å². The number of halogens is 3. The Kier molecular flexibility index (Phi) is 5.38. The van der Waals surface area contributed by atoms with Gasteiger partial charge in [-0.25, -0.2) is 13.2 Å². The maximum absolute atomic E-state index is 14.2. The number of aliphatic hydroxyl groups is 1. The first-order valence-electron chi connectivity index (χ1n) is 6.35. The molecule has 0 aliphatic heterocycles. The van der Waals surface area contributed by atoms with Crippen LogP contribution in [0, 0.1) is 11.7 Å². The number of benzene rings is 1. The second-order valence-corrected chi connectivity index (χ2v) is 4.89. The third kappa shape index (κ3) is 3.48. The van der Waals surface area contributed by atoms with Gasteiger partial charge in [0.05, 0.1) is 5.56 Å². The van der Waals surface area contributed by atoms with Crippen LogP contribution in [-0.4, -0.2) is 11.7 Å². The van der Waals surface area contributed by atoms with Crippen LogP contribution in [0.15, 0.2) is 18.2 Å². The molecule has 3 N–H and O–H groups in total. The van der Waals surface area contributed by atoms with Crippen LogP contribution in [0.25, 0.3) is 0 Å². The van der Waals surface area contributed by atoms with E-state index in [1.807, 2.05) is 0 Å². The minimum Gasteiger partial charge on any atom is -0.396 e. The van der Waals surface area contributed by atoms with Gasteiger partial charge in [0.1, 0.15) is 5.82 Å². The molecule has 108 valence electrons. The van der Waals surface area contributed by atoms with Crippen molar-refractivity contribution in [2.75, 3.05) is 6.61 Å². The summed E-state index contributed by atoms with van der Waals surface area (Å²) in [6.45, 7) is 2.76. The first-order valence-corrected chi connectivity index (χ1v) is 6.35. The van der Waals surface area contributed by atoms with E-state index in [9.17, 15) is 13.2 Å². The summed E-state index contributed by atoms with van der Waals surface area (Å²) in [4.78, 5) is 0. The van der Waals surface area contributed by atoms with E-state index >= 15 is 0 Å².